The first-order chi connectivity index (χ1) is 20.7. The number of nitrogens with zero attached hydrogens (tertiary/aromatic N) is 1. The number of anilines is 3. The molecule has 1 heterocycles. The zero-order valence-corrected chi connectivity index (χ0v) is 23.3. The molecule has 0 amide bonds. The van der Waals surface area contributed by atoms with E-state index in [1.807, 2.05) is 0 Å². The molecule has 2 nitrogen and oxygen atoms in total. The second-order valence-electron chi connectivity index (χ2n) is 11.5. The van der Waals surface area contributed by atoms with Gasteiger partial charge >= 0.3 is 0 Å². The van der Waals surface area contributed by atoms with Crippen molar-refractivity contribution >= 4 is 38.6 Å². The smallest absolute Gasteiger partial charge is 0.101 e. The molecule has 0 saturated heterocycles. The average Bonchev–Trinajstić information content (AvgIpc) is 3.56. The van der Waals surface area contributed by atoms with Crippen molar-refractivity contribution in [2.24, 2.45) is 0 Å². The second-order valence-corrected chi connectivity index (χ2v) is 11.5. The van der Waals surface area contributed by atoms with E-state index in [4.69, 9.17) is 0 Å². The lowest BCUT2D eigenvalue weighted by atomic mass is 9.92. The Morgan fingerprint density at radius 3 is 2.00 bits per heavy atom. The summed E-state index contributed by atoms with van der Waals surface area (Å²) >= 11 is 0. The molecule has 0 bridgehead atoms. The van der Waals surface area contributed by atoms with Gasteiger partial charge in [0.2, 0.25) is 0 Å². The number of hydrogen-bond acceptors (Lipinski definition) is 2. The van der Waals surface area contributed by atoms with E-state index >= 15 is 0 Å². The largest absolute Gasteiger partial charge is 0.363 e. The van der Waals surface area contributed by atoms with E-state index in [1.165, 1.54) is 83.1 Å². The molecule has 0 radical (unpaired) electrons. The maximum absolute atomic E-state index is 3.60. The quantitative estimate of drug-likeness (QED) is 0.242. The van der Waals surface area contributed by atoms with Crippen LogP contribution < -0.4 is 10.2 Å². The molecule has 7 aromatic carbocycles. The van der Waals surface area contributed by atoms with Crippen LogP contribution >= 0.6 is 0 Å². The van der Waals surface area contributed by atoms with Crippen LogP contribution in [0.4, 0.5) is 17.1 Å². The zero-order valence-electron chi connectivity index (χ0n) is 23.3. The van der Waals surface area contributed by atoms with Crippen LogP contribution in [0.15, 0.2) is 140 Å². The minimum atomic E-state index is 0.202. The summed E-state index contributed by atoms with van der Waals surface area (Å²) in [5, 5.41) is 8.80. The van der Waals surface area contributed by atoms with E-state index in [2.05, 4.69) is 157 Å². The molecule has 1 atom stereocenters. The van der Waals surface area contributed by atoms with Crippen LogP contribution in [0, 0.1) is 0 Å². The van der Waals surface area contributed by atoms with Crippen LogP contribution in [-0.4, -0.2) is 6.17 Å². The molecule has 1 N–H and O–H groups in total. The fraction of sp³-hybridized carbons (Fsp3) is 0.0500. The lowest BCUT2D eigenvalue weighted by molar-refractivity contribution is 0.843. The summed E-state index contributed by atoms with van der Waals surface area (Å²) in [7, 11) is 0. The predicted molar refractivity (Wildman–Crippen MR) is 178 cm³/mol. The number of nitrogens with one attached hydrogen (secondary N) is 1. The molecule has 0 saturated carbocycles. The maximum atomic E-state index is 3.60. The van der Waals surface area contributed by atoms with Gasteiger partial charge in [0.15, 0.2) is 0 Å². The van der Waals surface area contributed by atoms with Gasteiger partial charge in [-0.05, 0) is 109 Å². The number of para-hydroxylation sites is 2. The molecular weight excluding hydrogens is 508 g/mol. The van der Waals surface area contributed by atoms with Crippen molar-refractivity contribution in [3.8, 4) is 44.5 Å². The summed E-state index contributed by atoms with van der Waals surface area (Å²) in [6.45, 7) is 2.21. The Hall–Kier alpha value is -5.34. The molecule has 1 aliphatic carbocycles. The second kappa shape index (κ2) is 8.83. The van der Waals surface area contributed by atoms with Gasteiger partial charge in [0, 0.05) is 5.69 Å². The average molecular weight is 537 g/mol. The number of rotatable bonds is 3. The molecule has 1 aliphatic heterocycles. The highest BCUT2D eigenvalue weighted by atomic mass is 15.3. The Bertz CT molecular complexity index is 2180. The van der Waals surface area contributed by atoms with Crippen molar-refractivity contribution in [2.75, 3.05) is 10.2 Å². The van der Waals surface area contributed by atoms with E-state index in [0.717, 1.165) is 0 Å². The van der Waals surface area contributed by atoms with Crippen LogP contribution in [0.3, 0.4) is 0 Å². The highest BCUT2D eigenvalue weighted by Gasteiger charge is 2.26. The molecule has 2 heteroatoms. The van der Waals surface area contributed by atoms with Gasteiger partial charge in [0.25, 0.3) is 0 Å². The molecule has 198 valence electrons. The van der Waals surface area contributed by atoms with Gasteiger partial charge < -0.3 is 10.2 Å². The monoisotopic (exact) mass is 536 g/mol. The van der Waals surface area contributed by atoms with E-state index < -0.39 is 0 Å². The van der Waals surface area contributed by atoms with Crippen molar-refractivity contribution in [3.63, 3.8) is 0 Å². The third-order valence-corrected chi connectivity index (χ3v) is 9.07. The number of benzene rings is 7. The fourth-order valence-electron chi connectivity index (χ4n) is 7.16. The van der Waals surface area contributed by atoms with E-state index in [0.29, 0.717) is 0 Å². The van der Waals surface area contributed by atoms with Crippen LogP contribution in [0.5, 0.6) is 0 Å². The minimum absolute atomic E-state index is 0.202. The third kappa shape index (κ3) is 3.39. The number of hydrogen-bond donors (Lipinski definition) is 1. The fourth-order valence-corrected chi connectivity index (χ4v) is 7.16. The van der Waals surface area contributed by atoms with Gasteiger partial charge in [-0.15, -0.1) is 0 Å². The number of fused-ring (bicyclic) bond motifs is 5. The third-order valence-electron chi connectivity index (χ3n) is 9.07. The molecule has 0 fully saturated rings. The summed E-state index contributed by atoms with van der Waals surface area (Å²) in [5.41, 5.74) is 14.0. The summed E-state index contributed by atoms with van der Waals surface area (Å²) in [5.74, 6) is 0. The first-order valence-corrected chi connectivity index (χ1v) is 14.7. The van der Waals surface area contributed by atoms with Crippen LogP contribution in [0.2, 0.25) is 0 Å². The van der Waals surface area contributed by atoms with Crippen molar-refractivity contribution < 1.29 is 0 Å². The van der Waals surface area contributed by atoms with Crippen molar-refractivity contribution in [2.45, 2.75) is 13.1 Å². The predicted octanol–water partition coefficient (Wildman–Crippen LogP) is 10.9. The molecule has 1 unspecified atom stereocenters. The molecule has 7 aromatic rings. The minimum Gasteiger partial charge on any atom is -0.363 e. The maximum Gasteiger partial charge on any atom is 0.101 e. The van der Waals surface area contributed by atoms with Crippen molar-refractivity contribution in [1.82, 2.24) is 0 Å². The Labute approximate surface area is 245 Å². The van der Waals surface area contributed by atoms with Crippen LogP contribution in [0.25, 0.3) is 66.1 Å². The SMILES string of the molecule is CC1Nc2ccccc2N1c1cccc(-c2ccc3cc(-c4ccc5c6c(cccc46)-c4ccccc4-5)ccc3c2)c1. The normalized spacial score (nSPS) is 14.7. The Kier molecular flexibility index (Phi) is 4.91. The van der Waals surface area contributed by atoms with Crippen LogP contribution in [-0.2, 0) is 0 Å². The summed E-state index contributed by atoms with van der Waals surface area (Å²) in [6.07, 6.45) is 0.202. The van der Waals surface area contributed by atoms with Gasteiger partial charge in [-0.3, -0.25) is 0 Å². The van der Waals surface area contributed by atoms with E-state index in [9.17, 15) is 0 Å². The van der Waals surface area contributed by atoms with Crippen molar-refractivity contribution in [1.29, 1.82) is 0 Å². The first-order valence-electron chi connectivity index (χ1n) is 14.7. The molecule has 0 aromatic heterocycles. The van der Waals surface area contributed by atoms with Gasteiger partial charge in [-0.25, -0.2) is 0 Å². The molecule has 2 aliphatic rings. The lowest BCUT2D eigenvalue weighted by Gasteiger charge is -2.24. The van der Waals surface area contributed by atoms with Gasteiger partial charge in [0.1, 0.15) is 6.17 Å². The van der Waals surface area contributed by atoms with Gasteiger partial charge in [0.05, 0.1) is 11.4 Å². The van der Waals surface area contributed by atoms with Crippen LogP contribution in [0.1, 0.15) is 6.92 Å². The van der Waals surface area contributed by atoms with E-state index in [-0.39, 0.29) is 6.17 Å². The Morgan fingerprint density at radius 2 is 1.14 bits per heavy atom. The lowest BCUT2D eigenvalue weighted by Crippen LogP contribution is -2.28. The van der Waals surface area contributed by atoms with Gasteiger partial charge in [-0.1, -0.05) is 103 Å². The van der Waals surface area contributed by atoms with Gasteiger partial charge in [-0.2, -0.15) is 0 Å². The van der Waals surface area contributed by atoms with E-state index in [1.54, 1.807) is 0 Å². The molecule has 42 heavy (non-hydrogen) atoms. The molecule has 0 spiro atoms. The highest BCUT2D eigenvalue weighted by molar-refractivity contribution is 6.18. The summed E-state index contributed by atoms with van der Waals surface area (Å²) < 4.78 is 0. The highest BCUT2D eigenvalue weighted by Crippen LogP contribution is 2.49. The summed E-state index contributed by atoms with van der Waals surface area (Å²) in [6, 6.07) is 51.3. The first kappa shape index (κ1) is 23.4. The van der Waals surface area contributed by atoms with Crippen molar-refractivity contribution in [3.05, 3.63) is 140 Å². The topological polar surface area (TPSA) is 15.3 Å². The molecular formula is C40H28N2. The summed E-state index contributed by atoms with van der Waals surface area (Å²) in [4.78, 5) is 2.38. The Balaban J connectivity index is 1.10. The molecule has 9 rings (SSSR count). The Morgan fingerprint density at radius 1 is 0.500 bits per heavy atom. The standard InChI is InChI=1S/C40H28N2/c1-25-41-38-14-4-5-15-39(38)42(25)31-9-6-8-26(24-31)27-16-17-29-23-30(19-18-28(29)22-27)32-20-21-37-34-11-3-2-10-33(34)36-13-7-12-35(32)40(36)37/h2-25,41H,1H3. The zero-order chi connectivity index (χ0) is 27.8.